The van der Waals surface area contributed by atoms with Gasteiger partial charge < -0.3 is 14.8 Å². The van der Waals surface area contributed by atoms with E-state index in [1.165, 1.54) is 25.9 Å². The SMILES string of the molecule is COc1cc(Oc2ccc3c(c2)nnn3C)c(C)c(F)c1Nc1ncnc2cnc(S(C)=O)nc12. The number of anilines is 2. The lowest BCUT2D eigenvalue weighted by Gasteiger charge is -2.17. The van der Waals surface area contributed by atoms with E-state index in [2.05, 4.69) is 35.6 Å². The molecular formula is C22H19FN8O3S. The Morgan fingerprint density at radius 1 is 1.11 bits per heavy atom. The quantitative estimate of drug-likeness (QED) is 0.350. The summed E-state index contributed by atoms with van der Waals surface area (Å²) >= 11 is 0. The minimum Gasteiger partial charge on any atom is -0.494 e. The summed E-state index contributed by atoms with van der Waals surface area (Å²) in [4.78, 5) is 16.6. The Morgan fingerprint density at radius 2 is 1.94 bits per heavy atom. The highest BCUT2D eigenvalue weighted by Crippen LogP contribution is 2.40. The molecule has 13 heteroatoms. The number of fused-ring (bicyclic) bond motifs is 2. The van der Waals surface area contributed by atoms with Crippen molar-refractivity contribution in [1.82, 2.24) is 34.9 Å². The van der Waals surface area contributed by atoms with Crippen LogP contribution in [-0.4, -0.2) is 52.5 Å². The van der Waals surface area contributed by atoms with Crippen LogP contribution in [0.1, 0.15) is 5.56 Å². The first kappa shape index (κ1) is 22.5. The van der Waals surface area contributed by atoms with Gasteiger partial charge in [-0.25, -0.2) is 29.0 Å². The van der Waals surface area contributed by atoms with Crippen molar-refractivity contribution < 1.29 is 18.1 Å². The Kier molecular flexibility index (Phi) is 5.68. The summed E-state index contributed by atoms with van der Waals surface area (Å²) in [5.41, 5.74) is 2.48. The van der Waals surface area contributed by atoms with Crippen LogP contribution in [0.3, 0.4) is 0 Å². The van der Waals surface area contributed by atoms with E-state index in [0.717, 1.165) is 5.52 Å². The number of benzene rings is 2. The van der Waals surface area contributed by atoms with Gasteiger partial charge in [-0.05, 0) is 19.1 Å². The Hall–Kier alpha value is -4.26. The van der Waals surface area contributed by atoms with Gasteiger partial charge >= 0.3 is 0 Å². The van der Waals surface area contributed by atoms with Crippen molar-refractivity contribution >= 4 is 44.4 Å². The van der Waals surface area contributed by atoms with Gasteiger partial charge in [0.1, 0.15) is 45.8 Å². The van der Waals surface area contributed by atoms with Gasteiger partial charge in [-0.15, -0.1) is 5.10 Å². The lowest BCUT2D eigenvalue weighted by Crippen LogP contribution is -2.05. The molecule has 3 heterocycles. The lowest BCUT2D eigenvalue weighted by molar-refractivity contribution is 0.405. The third kappa shape index (κ3) is 4.10. The number of ether oxygens (including phenoxy) is 2. The average Bonchev–Trinajstić information content (AvgIpc) is 3.23. The third-order valence-electron chi connectivity index (χ3n) is 5.31. The third-order valence-corrected chi connectivity index (χ3v) is 6.02. The number of halogens is 1. The van der Waals surface area contributed by atoms with Crippen molar-refractivity contribution in [3.63, 3.8) is 0 Å². The summed E-state index contributed by atoms with van der Waals surface area (Å²) in [6.07, 6.45) is 4.20. The van der Waals surface area contributed by atoms with Gasteiger partial charge in [0, 0.05) is 31.0 Å². The normalized spacial score (nSPS) is 12.1. The maximum atomic E-state index is 15.6. The van der Waals surface area contributed by atoms with Crippen molar-refractivity contribution in [2.75, 3.05) is 18.7 Å². The number of hydrogen-bond acceptors (Lipinski definition) is 10. The first-order valence-electron chi connectivity index (χ1n) is 10.3. The second-order valence-electron chi connectivity index (χ2n) is 7.54. The van der Waals surface area contributed by atoms with Crippen molar-refractivity contribution in [3.8, 4) is 17.2 Å². The van der Waals surface area contributed by atoms with Gasteiger partial charge in [0.2, 0.25) is 5.16 Å². The second kappa shape index (κ2) is 8.83. The van der Waals surface area contributed by atoms with Gasteiger partial charge in [-0.1, -0.05) is 5.21 Å². The van der Waals surface area contributed by atoms with E-state index in [1.807, 2.05) is 6.07 Å². The molecule has 0 spiro atoms. The van der Waals surface area contributed by atoms with E-state index in [4.69, 9.17) is 9.47 Å². The highest BCUT2D eigenvalue weighted by atomic mass is 32.2. The first-order valence-corrected chi connectivity index (χ1v) is 11.8. The van der Waals surface area contributed by atoms with Gasteiger partial charge in [-0.2, -0.15) is 0 Å². The summed E-state index contributed by atoms with van der Waals surface area (Å²) in [5.74, 6) is 0.542. The molecule has 0 fully saturated rings. The molecule has 1 unspecified atom stereocenters. The van der Waals surface area contributed by atoms with Crippen LogP contribution in [0.25, 0.3) is 22.1 Å². The number of nitrogens with zero attached hydrogens (tertiary/aromatic N) is 7. The zero-order valence-corrected chi connectivity index (χ0v) is 19.9. The van der Waals surface area contributed by atoms with E-state index in [9.17, 15) is 4.21 Å². The fourth-order valence-corrected chi connectivity index (χ4v) is 3.91. The molecule has 0 aliphatic carbocycles. The molecule has 35 heavy (non-hydrogen) atoms. The Labute approximate surface area is 200 Å². The predicted molar refractivity (Wildman–Crippen MR) is 127 cm³/mol. The molecule has 1 atom stereocenters. The van der Waals surface area contributed by atoms with Crippen molar-refractivity contribution in [1.29, 1.82) is 0 Å². The number of aromatic nitrogens is 7. The smallest absolute Gasteiger partial charge is 0.218 e. The van der Waals surface area contributed by atoms with Crippen LogP contribution < -0.4 is 14.8 Å². The molecule has 2 aromatic carbocycles. The molecule has 0 saturated carbocycles. The molecule has 0 amide bonds. The molecule has 3 aromatic heterocycles. The van der Waals surface area contributed by atoms with Crippen LogP contribution >= 0.6 is 0 Å². The number of rotatable bonds is 6. The Balaban J connectivity index is 1.54. The summed E-state index contributed by atoms with van der Waals surface area (Å²) in [6, 6.07) is 6.87. The van der Waals surface area contributed by atoms with Gasteiger partial charge in [0.05, 0.1) is 29.6 Å². The first-order chi connectivity index (χ1) is 16.9. The zero-order chi connectivity index (χ0) is 24.7. The topological polar surface area (TPSA) is 130 Å². The molecule has 0 saturated heterocycles. The molecule has 11 nitrogen and oxygen atoms in total. The monoisotopic (exact) mass is 494 g/mol. The van der Waals surface area contributed by atoms with E-state index in [0.29, 0.717) is 22.3 Å². The minimum atomic E-state index is -1.41. The fraction of sp³-hybridized carbons (Fsp3) is 0.182. The lowest BCUT2D eigenvalue weighted by atomic mass is 10.1. The van der Waals surface area contributed by atoms with Crippen LogP contribution in [0.4, 0.5) is 15.9 Å². The average molecular weight is 495 g/mol. The Bertz CT molecular complexity index is 1620. The summed E-state index contributed by atoms with van der Waals surface area (Å²) in [6.45, 7) is 1.59. The fourth-order valence-electron chi connectivity index (χ4n) is 3.48. The zero-order valence-electron chi connectivity index (χ0n) is 19.1. The van der Waals surface area contributed by atoms with Crippen molar-refractivity contribution in [3.05, 3.63) is 48.2 Å². The standard InChI is InChI=1S/C22H19FN8O3S/c1-11-16(34-12-5-6-15-13(7-12)29-30-31(15)2)8-17(33-3)20(18(11)23)27-21-19-14(25-10-26-21)9-24-22(28-19)35(4)32/h5-10H,1-4H3,(H,25,26,27). The van der Waals surface area contributed by atoms with Crippen molar-refractivity contribution in [2.45, 2.75) is 12.1 Å². The number of hydrogen-bond donors (Lipinski definition) is 1. The molecule has 178 valence electrons. The van der Waals surface area contributed by atoms with E-state index >= 15 is 4.39 Å². The number of aryl methyl sites for hydroxylation is 1. The molecule has 0 aliphatic heterocycles. The molecule has 0 bridgehead atoms. The maximum absolute atomic E-state index is 15.6. The number of methoxy groups -OCH3 is 1. The van der Waals surface area contributed by atoms with E-state index < -0.39 is 16.6 Å². The van der Waals surface area contributed by atoms with Crippen molar-refractivity contribution in [2.24, 2.45) is 7.05 Å². The number of nitrogens with one attached hydrogen (secondary N) is 1. The second-order valence-corrected chi connectivity index (χ2v) is 8.82. The van der Waals surface area contributed by atoms with Crippen LogP contribution in [0.15, 0.2) is 41.9 Å². The highest BCUT2D eigenvalue weighted by molar-refractivity contribution is 7.84. The minimum absolute atomic E-state index is 0.0412. The van der Waals surface area contributed by atoms with Gasteiger partial charge in [0.15, 0.2) is 11.6 Å². The summed E-state index contributed by atoms with van der Waals surface area (Å²) in [7, 11) is 1.80. The molecule has 5 rings (SSSR count). The van der Waals surface area contributed by atoms with Crippen LogP contribution in [0, 0.1) is 12.7 Å². The largest absolute Gasteiger partial charge is 0.494 e. The van der Waals surface area contributed by atoms with Gasteiger partial charge in [-0.3, -0.25) is 4.21 Å². The molecule has 1 N–H and O–H groups in total. The molecule has 5 aromatic rings. The highest BCUT2D eigenvalue weighted by Gasteiger charge is 2.20. The van der Waals surface area contributed by atoms with Crippen LogP contribution in [0.5, 0.6) is 17.2 Å². The van der Waals surface area contributed by atoms with E-state index in [1.54, 1.807) is 36.9 Å². The van der Waals surface area contributed by atoms with E-state index in [-0.39, 0.29) is 33.7 Å². The van der Waals surface area contributed by atoms with Crippen LogP contribution in [-0.2, 0) is 17.8 Å². The van der Waals surface area contributed by atoms with Gasteiger partial charge in [0.25, 0.3) is 0 Å². The molecule has 0 aliphatic rings. The summed E-state index contributed by atoms with van der Waals surface area (Å²) in [5, 5.41) is 11.1. The Morgan fingerprint density at radius 3 is 2.71 bits per heavy atom. The van der Waals surface area contributed by atoms with Crippen LogP contribution in [0.2, 0.25) is 0 Å². The maximum Gasteiger partial charge on any atom is 0.218 e. The summed E-state index contributed by atoms with van der Waals surface area (Å²) < 4.78 is 40.5. The predicted octanol–water partition coefficient (Wildman–Crippen LogP) is 3.43. The molecule has 0 radical (unpaired) electrons. The molecular weight excluding hydrogens is 475 g/mol.